The minimum atomic E-state index is -0.175. The van der Waals surface area contributed by atoms with Crippen LogP contribution in [0.1, 0.15) is 27.3 Å². The van der Waals surface area contributed by atoms with Crippen LogP contribution in [0.3, 0.4) is 0 Å². The lowest BCUT2D eigenvalue weighted by atomic mass is 10.1. The van der Waals surface area contributed by atoms with Crippen LogP contribution in [0, 0.1) is 6.92 Å². The molecule has 0 aliphatic carbocycles. The Hall–Kier alpha value is -3.12. The molecule has 3 rings (SSSR count). The lowest BCUT2D eigenvalue weighted by molar-refractivity contribution is -0.131. The average Bonchev–Trinajstić information content (AvgIpc) is 3.22. The summed E-state index contributed by atoms with van der Waals surface area (Å²) in [4.78, 5) is 31.3. The molecule has 1 aromatic heterocycles. The fourth-order valence-corrected chi connectivity index (χ4v) is 4.36. The molecule has 0 fully saturated rings. The van der Waals surface area contributed by atoms with Gasteiger partial charge in [-0.2, -0.15) is 0 Å². The Labute approximate surface area is 194 Å². The van der Waals surface area contributed by atoms with Crippen molar-refractivity contribution in [2.45, 2.75) is 32.9 Å². The van der Waals surface area contributed by atoms with Gasteiger partial charge in [0.1, 0.15) is 0 Å². The van der Waals surface area contributed by atoms with Crippen molar-refractivity contribution in [1.29, 1.82) is 0 Å². The highest BCUT2D eigenvalue weighted by atomic mass is 32.1. The minimum absolute atomic E-state index is 0.0537. The quantitative estimate of drug-likeness (QED) is 0.481. The Morgan fingerprint density at radius 3 is 2.16 bits per heavy atom. The standard InChI is InChI=1S/C26H31N3O2S/c1-21-13-14-24(32-21)20-29(18-16-22-9-5-3-6-10-22)25(30)15-17-27-26(31)28(2)19-23-11-7-4-8-12-23/h3-14H,15-20H2,1-2H3,(H,27,31). The smallest absolute Gasteiger partial charge is 0.317 e. The predicted molar refractivity (Wildman–Crippen MR) is 131 cm³/mol. The number of thiophene rings is 1. The van der Waals surface area contributed by atoms with Crippen molar-refractivity contribution in [3.63, 3.8) is 0 Å². The van der Waals surface area contributed by atoms with Crippen molar-refractivity contribution in [2.75, 3.05) is 20.1 Å². The van der Waals surface area contributed by atoms with E-state index >= 15 is 0 Å². The lowest BCUT2D eigenvalue weighted by Gasteiger charge is -2.23. The van der Waals surface area contributed by atoms with E-state index < -0.39 is 0 Å². The highest BCUT2D eigenvalue weighted by molar-refractivity contribution is 7.11. The fraction of sp³-hybridized carbons (Fsp3) is 0.308. The molecule has 0 radical (unpaired) electrons. The molecule has 0 aliphatic heterocycles. The molecule has 0 bridgehead atoms. The molecule has 1 N–H and O–H groups in total. The molecule has 0 atom stereocenters. The molecule has 0 saturated heterocycles. The molecular weight excluding hydrogens is 418 g/mol. The van der Waals surface area contributed by atoms with Crippen LogP contribution < -0.4 is 5.32 Å². The Bertz CT molecular complexity index is 989. The summed E-state index contributed by atoms with van der Waals surface area (Å²) in [7, 11) is 1.76. The van der Waals surface area contributed by atoms with Gasteiger partial charge in [-0.3, -0.25) is 4.79 Å². The predicted octanol–water partition coefficient (Wildman–Crippen LogP) is 4.86. The van der Waals surface area contributed by atoms with Crippen LogP contribution in [0.2, 0.25) is 0 Å². The SMILES string of the molecule is Cc1ccc(CN(CCc2ccccc2)C(=O)CCNC(=O)N(C)Cc2ccccc2)s1. The van der Waals surface area contributed by atoms with Gasteiger partial charge in [-0.15, -0.1) is 11.3 Å². The van der Waals surface area contributed by atoms with Crippen LogP contribution in [0.5, 0.6) is 0 Å². The first-order valence-corrected chi connectivity index (χ1v) is 11.7. The number of carbonyl (C=O) groups is 2. The second-order valence-corrected chi connectivity index (χ2v) is 9.26. The summed E-state index contributed by atoms with van der Waals surface area (Å²) in [5.74, 6) is 0.0537. The van der Waals surface area contributed by atoms with E-state index in [-0.39, 0.29) is 18.4 Å². The first-order chi connectivity index (χ1) is 15.5. The Morgan fingerprint density at radius 2 is 1.53 bits per heavy atom. The third-order valence-corrected chi connectivity index (χ3v) is 6.22. The van der Waals surface area contributed by atoms with Gasteiger partial charge in [0, 0.05) is 42.9 Å². The van der Waals surface area contributed by atoms with E-state index in [4.69, 9.17) is 0 Å². The van der Waals surface area contributed by atoms with E-state index in [9.17, 15) is 9.59 Å². The van der Waals surface area contributed by atoms with Gasteiger partial charge in [0.2, 0.25) is 5.91 Å². The second kappa shape index (κ2) is 12.1. The monoisotopic (exact) mass is 449 g/mol. The van der Waals surface area contributed by atoms with E-state index in [1.807, 2.05) is 53.4 Å². The molecule has 3 aromatic rings. The number of nitrogens with one attached hydrogen (secondary N) is 1. The van der Waals surface area contributed by atoms with Gasteiger partial charge in [0.25, 0.3) is 0 Å². The molecule has 5 nitrogen and oxygen atoms in total. The van der Waals surface area contributed by atoms with E-state index in [1.54, 1.807) is 23.3 Å². The van der Waals surface area contributed by atoms with E-state index in [2.05, 4.69) is 36.5 Å². The van der Waals surface area contributed by atoms with Gasteiger partial charge in [-0.25, -0.2) is 4.79 Å². The van der Waals surface area contributed by atoms with Crippen LogP contribution in [-0.2, 0) is 24.3 Å². The summed E-state index contributed by atoms with van der Waals surface area (Å²) in [6.07, 6.45) is 1.09. The van der Waals surface area contributed by atoms with Gasteiger partial charge in [-0.05, 0) is 36.6 Å². The van der Waals surface area contributed by atoms with E-state index in [0.717, 1.165) is 12.0 Å². The van der Waals surface area contributed by atoms with Crippen molar-refractivity contribution in [3.8, 4) is 0 Å². The summed E-state index contributed by atoms with van der Waals surface area (Å²) >= 11 is 1.72. The molecule has 6 heteroatoms. The lowest BCUT2D eigenvalue weighted by Crippen LogP contribution is -2.39. The Morgan fingerprint density at radius 1 is 0.875 bits per heavy atom. The minimum Gasteiger partial charge on any atom is -0.337 e. The normalized spacial score (nSPS) is 10.6. The maximum atomic E-state index is 13.0. The van der Waals surface area contributed by atoms with E-state index in [0.29, 0.717) is 26.2 Å². The topological polar surface area (TPSA) is 52.7 Å². The molecule has 3 amide bonds. The molecule has 0 saturated carbocycles. The largest absolute Gasteiger partial charge is 0.337 e. The summed E-state index contributed by atoms with van der Waals surface area (Å²) in [6.45, 7) is 4.18. The first-order valence-electron chi connectivity index (χ1n) is 10.9. The summed E-state index contributed by atoms with van der Waals surface area (Å²) < 4.78 is 0. The number of urea groups is 1. The van der Waals surface area contributed by atoms with Gasteiger partial charge in [0.05, 0.1) is 6.54 Å². The molecule has 0 unspecified atom stereocenters. The van der Waals surface area contributed by atoms with Crippen molar-refractivity contribution < 1.29 is 9.59 Å². The van der Waals surface area contributed by atoms with Gasteiger partial charge < -0.3 is 15.1 Å². The highest BCUT2D eigenvalue weighted by Gasteiger charge is 2.16. The number of benzene rings is 2. The highest BCUT2D eigenvalue weighted by Crippen LogP contribution is 2.18. The van der Waals surface area contributed by atoms with Gasteiger partial charge in [0.15, 0.2) is 0 Å². The zero-order valence-corrected chi connectivity index (χ0v) is 19.6. The molecule has 32 heavy (non-hydrogen) atoms. The fourth-order valence-electron chi connectivity index (χ4n) is 3.46. The third kappa shape index (κ3) is 7.54. The summed E-state index contributed by atoms with van der Waals surface area (Å²) in [6, 6.07) is 24.1. The Kier molecular flexibility index (Phi) is 8.87. The van der Waals surface area contributed by atoms with Crippen LogP contribution in [0.4, 0.5) is 4.79 Å². The maximum absolute atomic E-state index is 13.0. The zero-order valence-electron chi connectivity index (χ0n) is 18.8. The van der Waals surface area contributed by atoms with Crippen molar-refractivity contribution in [1.82, 2.24) is 15.1 Å². The van der Waals surface area contributed by atoms with Crippen LogP contribution in [0.25, 0.3) is 0 Å². The molecule has 2 aromatic carbocycles. The first kappa shape index (κ1) is 23.5. The third-order valence-electron chi connectivity index (χ3n) is 5.23. The molecule has 0 spiro atoms. The summed E-state index contributed by atoms with van der Waals surface area (Å²) in [5.41, 5.74) is 2.28. The van der Waals surface area contributed by atoms with Crippen molar-refractivity contribution in [2.24, 2.45) is 0 Å². The number of rotatable bonds is 10. The van der Waals surface area contributed by atoms with E-state index in [1.165, 1.54) is 15.3 Å². The number of nitrogens with zero attached hydrogens (tertiary/aromatic N) is 2. The van der Waals surface area contributed by atoms with Crippen LogP contribution >= 0.6 is 11.3 Å². The van der Waals surface area contributed by atoms with Crippen LogP contribution in [0.15, 0.2) is 72.8 Å². The van der Waals surface area contributed by atoms with Gasteiger partial charge in [-0.1, -0.05) is 60.7 Å². The molecule has 168 valence electrons. The number of aryl methyl sites for hydroxylation is 1. The van der Waals surface area contributed by atoms with Crippen molar-refractivity contribution >= 4 is 23.3 Å². The second-order valence-electron chi connectivity index (χ2n) is 7.89. The van der Waals surface area contributed by atoms with Crippen LogP contribution in [-0.4, -0.2) is 41.9 Å². The number of carbonyl (C=O) groups excluding carboxylic acids is 2. The zero-order chi connectivity index (χ0) is 22.8. The average molecular weight is 450 g/mol. The summed E-state index contributed by atoms with van der Waals surface area (Å²) in [5, 5.41) is 2.87. The van der Waals surface area contributed by atoms with Gasteiger partial charge >= 0.3 is 6.03 Å². The molecule has 1 heterocycles. The number of hydrogen-bond donors (Lipinski definition) is 1. The van der Waals surface area contributed by atoms with Crippen molar-refractivity contribution in [3.05, 3.63) is 93.7 Å². The molecule has 0 aliphatic rings. The molecular formula is C26H31N3O2S. The Balaban J connectivity index is 1.51. The number of amides is 3. The maximum Gasteiger partial charge on any atom is 0.317 e. The number of hydrogen-bond acceptors (Lipinski definition) is 3.